The van der Waals surface area contributed by atoms with Crippen LogP contribution in [0.15, 0.2) is 18.2 Å². The van der Waals surface area contributed by atoms with Crippen LogP contribution in [0, 0.1) is 13.8 Å². The van der Waals surface area contributed by atoms with E-state index in [9.17, 15) is 13.6 Å². The van der Waals surface area contributed by atoms with Crippen LogP contribution in [0.25, 0.3) is 6.08 Å². The van der Waals surface area contributed by atoms with Crippen LogP contribution in [0.2, 0.25) is 0 Å². The highest BCUT2D eigenvalue weighted by molar-refractivity contribution is 5.86. The molecule has 0 heterocycles. The Morgan fingerprint density at radius 2 is 2.06 bits per heavy atom. The molecule has 1 aromatic rings. The van der Waals surface area contributed by atoms with E-state index in [4.69, 9.17) is 5.11 Å². The van der Waals surface area contributed by atoms with E-state index < -0.39 is 12.6 Å². The summed E-state index contributed by atoms with van der Waals surface area (Å²) < 4.78 is 28.8. The standard InChI is InChI=1S/C12H12F2O3/c1-7-5-8(2)11(17-12(13)14)9(6-7)3-4-10(15)16/h3-6,12H,1-2H3,(H,15,16)/b4-3+. The predicted molar refractivity (Wildman–Crippen MR) is 59.2 cm³/mol. The Morgan fingerprint density at radius 3 is 2.59 bits per heavy atom. The Labute approximate surface area is 97.3 Å². The van der Waals surface area contributed by atoms with Gasteiger partial charge in [-0.15, -0.1) is 0 Å². The highest BCUT2D eigenvalue weighted by atomic mass is 19.3. The summed E-state index contributed by atoms with van der Waals surface area (Å²) in [5.41, 5.74) is 1.70. The molecule has 1 N–H and O–H groups in total. The van der Waals surface area contributed by atoms with Gasteiger partial charge in [-0.25, -0.2) is 4.79 Å². The molecule has 0 spiro atoms. The van der Waals surface area contributed by atoms with Crippen molar-refractivity contribution in [1.82, 2.24) is 0 Å². The summed E-state index contributed by atoms with van der Waals surface area (Å²) in [6.45, 7) is 0.480. The summed E-state index contributed by atoms with van der Waals surface area (Å²) in [5.74, 6) is -1.14. The van der Waals surface area contributed by atoms with Gasteiger partial charge in [0.1, 0.15) is 5.75 Å². The fraction of sp³-hybridized carbons (Fsp3) is 0.250. The van der Waals surface area contributed by atoms with E-state index in [0.29, 0.717) is 11.1 Å². The summed E-state index contributed by atoms with van der Waals surface area (Å²) in [5, 5.41) is 8.51. The van der Waals surface area contributed by atoms with Crippen LogP contribution in [0.5, 0.6) is 5.75 Å². The van der Waals surface area contributed by atoms with Crippen LogP contribution in [0.3, 0.4) is 0 Å². The molecule has 0 aromatic heterocycles. The number of carboxylic acid groups (broad SMARTS) is 1. The number of hydrogen-bond donors (Lipinski definition) is 1. The lowest BCUT2D eigenvalue weighted by molar-refractivity contribution is -0.131. The van der Waals surface area contributed by atoms with Crippen LogP contribution >= 0.6 is 0 Å². The SMILES string of the molecule is Cc1cc(C)c(OC(F)F)c(/C=C/C(=O)O)c1. The van der Waals surface area contributed by atoms with Crippen molar-refractivity contribution in [1.29, 1.82) is 0 Å². The average molecular weight is 242 g/mol. The van der Waals surface area contributed by atoms with Gasteiger partial charge in [-0.3, -0.25) is 0 Å². The zero-order valence-electron chi connectivity index (χ0n) is 9.41. The van der Waals surface area contributed by atoms with Gasteiger partial charge in [0, 0.05) is 11.6 Å². The lowest BCUT2D eigenvalue weighted by atomic mass is 10.1. The number of hydrogen-bond acceptors (Lipinski definition) is 2. The zero-order valence-corrected chi connectivity index (χ0v) is 9.41. The molecule has 92 valence electrons. The molecule has 0 unspecified atom stereocenters. The van der Waals surface area contributed by atoms with Crippen molar-refractivity contribution in [2.75, 3.05) is 0 Å². The number of alkyl halides is 2. The van der Waals surface area contributed by atoms with Gasteiger partial charge < -0.3 is 9.84 Å². The average Bonchev–Trinajstić information content (AvgIpc) is 2.18. The molecule has 3 nitrogen and oxygen atoms in total. The fourth-order valence-corrected chi connectivity index (χ4v) is 1.52. The van der Waals surface area contributed by atoms with E-state index in [1.165, 1.54) is 6.08 Å². The molecular formula is C12H12F2O3. The maximum atomic E-state index is 12.2. The first-order chi connectivity index (χ1) is 7.90. The molecule has 1 rings (SSSR count). The predicted octanol–water partition coefficient (Wildman–Crippen LogP) is 3.00. The van der Waals surface area contributed by atoms with Crippen molar-refractivity contribution in [2.24, 2.45) is 0 Å². The lowest BCUT2D eigenvalue weighted by Gasteiger charge is -2.12. The van der Waals surface area contributed by atoms with Gasteiger partial charge in [-0.05, 0) is 31.6 Å². The van der Waals surface area contributed by atoms with E-state index in [1.807, 2.05) is 0 Å². The molecule has 0 aliphatic heterocycles. The van der Waals surface area contributed by atoms with E-state index in [0.717, 1.165) is 11.6 Å². The molecule has 0 radical (unpaired) electrons. The number of benzene rings is 1. The van der Waals surface area contributed by atoms with Gasteiger partial charge in [-0.2, -0.15) is 8.78 Å². The molecular weight excluding hydrogens is 230 g/mol. The third-order valence-electron chi connectivity index (χ3n) is 2.06. The molecule has 0 saturated heterocycles. The second-order valence-electron chi connectivity index (χ2n) is 3.55. The quantitative estimate of drug-likeness (QED) is 0.825. The highest BCUT2D eigenvalue weighted by Gasteiger charge is 2.11. The van der Waals surface area contributed by atoms with Crippen molar-refractivity contribution < 1.29 is 23.4 Å². The number of aryl methyl sites for hydroxylation is 2. The zero-order chi connectivity index (χ0) is 13.0. The van der Waals surface area contributed by atoms with E-state index >= 15 is 0 Å². The number of ether oxygens (including phenoxy) is 1. The first kappa shape index (κ1) is 13.2. The van der Waals surface area contributed by atoms with E-state index in [-0.39, 0.29) is 5.75 Å². The van der Waals surface area contributed by atoms with Crippen LogP contribution in [0.4, 0.5) is 8.78 Å². The molecule has 0 aliphatic rings. The van der Waals surface area contributed by atoms with E-state index in [2.05, 4.69) is 4.74 Å². The minimum atomic E-state index is -2.94. The Bertz CT molecular complexity index is 453. The maximum absolute atomic E-state index is 12.2. The highest BCUT2D eigenvalue weighted by Crippen LogP contribution is 2.28. The molecule has 1 aromatic carbocycles. The Morgan fingerprint density at radius 1 is 1.41 bits per heavy atom. The minimum absolute atomic E-state index is 0.00287. The maximum Gasteiger partial charge on any atom is 0.387 e. The molecule has 0 aliphatic carbocycles. The smallest absolute Gasteiger partial charge is 0.387 e. The second kappa shape index (κ2) is 5.43. The number of halogens is 2. The summed E-state index contributed by atoms with van der Waals surface area (Å²) in [6, 6.07) is 3.28. The summed E-state index contributed by atoms with van der Waals surface area (Å²) >= 11 is 0. The molecule has 5 heteroatoms. The monoisotopic (exact) mass is 242 g/mol. The third-order valence-corrected chi connectivity index (χ3v) is 2.06. The molecule has 17 heavy (non-hydrogen) atoms. The van der Waals surface area contributed by atoms with Gasteiger partial charge in [0.15, 0.2) is 0 Å². The largest absolute Gasteiger partial charge is 0.478 e. The van der Waals surface area contributed by atoms with Gasteiger partial charge in [0.05, 0.1) is 0 Å². The number of carbonyl (C=O) groups is 1. The Hall–Kier alpha value is -1.91. The van der Waals surface area contributed by atoms with Gasteiger partial charge >= 0.3 is 12.6 Å². The number of rotatable bonds is 4. The lowest BCUT2D eigenvalue weighted by Crippen LogP contribution is -2.05. The van der Waals surface area contributed by atoms with Crippen molar-refractivity contribution in [3.63, 3.8) is 0 Å². The Balaban J connectivity index is 3.20. The normalized spacial score (nSPS) is 11.1. The third kappa shape index (κ3) is 3.86. The van der Waals surface area contributed by atoms with Gasteiger partial charge in [-0.1, -0.05) is 11.6 Å². The van der Waals surface area contributed by atoms with Crippen LogP contribution in [0.1, 0.15) is 16.7 Å². The molecule has 0 atom stereocenters. The van der Waals surface area contributed by atoms with E-state index in [1.54, 1.807) is 26.0 Å². The molecule has 0 saturated carbocycles. The van der Waals surface area contributed by atoms with Crippen LogP contribution < -0.4 is 4.74 Å². The summed E-state index contributed by atoms with van der Waals surface area (Å²) in [6.07, 6.45) is 2.12. The van der Waals surface area contributed by atoms with Crippen molar-refractivity contribution >= 4 is 12.0 Å². The van der Waals surface area contributed by atoms with Gasteiger partial charge in [0.25, 0.3) is 0 Å². The summed E-state index contributed by atoms with van der Waals surface area (Å²) in [7, 11) is 0. The number of carboxylic acids is 1. The first-order valence-corrected chi connectivity index (χ1v) is 4.87. The minimum Gasteiger partial charge on any atom is -0.478 e. The molecule has 0 bridgehead atoms. The summed E-state index contributed by atoms with van der Waals surface area (Å²) in [4.78, 5) is 10.4. The van der Waals surface area contributed by atoms with Crippen molar-refractivity contribution in [3.8, 4) is 5.75 Å². The van der Waals surface area contributed by atoms with Crippen molar-refractivity contribution in [2.45, 2.75) is 20.5 Å². The van der Waals surface area contributed by atoms with Crippen molar-refractivity contribution in [3.05, 3.63) is 34.9 Å². The topological polar surface area (TPSA) is 46.5 Å². The number of aliphatic carboxylic acids is 1. The Kier molecular flexibility index (Phi) is 4.20. The van der Waals surface area contributed by atoms with Crippen LogP contribution in [-0.4, -0.2) is 17.7 Å². The second-order valence-corrected chi connectivity index (χ2v) is 3.55. The van der Waals surface area contributed by atoms with Gasteiger partial charge in [0.2, 0.25) is 0 Å². The molecule has 0 amide bonds. The van der Waals surface area contributed by atoms with Crippen LogP contribution in [-0.2, 0) is 4.79 Å². The fourth-order valence-electron chi connectivity index (χ4n) is 1.52. The molecule has 0 fully saturated rings. The first-order valence-electron chi connectivity index (χ1n) is 4.87.